The highest BCUT2D eigenvalue weighted by Crippen LogP contribution is 2.11. The molecule has 1 aromatic heterocycles. The van der Waals surface area contributed by atoms with Crippen LogP contribution < -0.4 is 0 Å². The van der Waals surface area contributed by atoms with Crippen LogP contribution >= 0.6 is 0 Å². The number of rotatable bonds is 2. The number of hydrogen-bond donors (Lipinski definition) is 1. The quantitative estimate of drug-likeness (QED) is 0.773. The second-order valence-electron chi connectivity index (χ2n) is 3.22. The fourth-order valence-electron chi connectivity index (χ4n) is 1.34. The van der Waals surface area contributed by atoms with Gasteiger partial charge in [0, 0.05) is 11.6 Å². The van der Waals surface area contributed by atoms with Gasteiger partial charge in [-0.3, -0.25) is 5.41 Å². The van der Waals surface area contributed by atoms with Gasteiger partial charge in [-0.05, 0) is 0 Å². The molecule has 0 radical (unpaired) electrons. The first-order valence-corrected chi connectivity index (χ1v) is 4.64. The topological polar surface area (TPSA) is 36.7 Å². The average Bonchev–Trinajstić information content (AvgIpc) is 2.29. The lowest BCUT2D eigenvalue weighted by Gasteiger charge is -2.04. The fraction of sp³-hybridized carbons (Fsp3) is 0. The predicted octanol–water partition coefficient (Wildman–Crippen LogP) is 2.78. The summed E-state index contributed by atoms with van der Waals surface area (Å²) in [4.78, 5) is 3.58. The summed E-state index contributed by atoms with van der Waals surface area (Å²) in [5, 5.41) is 7.76. The highest BCUT2D eigenvalue weighted by atomic mass is 19.1. The molecular formula is C12H8F2N2. The minimum absolute atomic E-state index is 0.0573. The summed E-state index contributed by atoms with van der Waals surface area (Å²) in [6, 6.07) is 9.35. The van der Waals surface area contributed by atoms with E-state index in [4.69, 9.17) is 5.41 Å². The average molecular weight is 218 g/mol. The molecule has 0 aliphatic carbocycles. The van der Waals surface area contributed by atoms with Crippen molar-refractivity contribution in [3.05, 3.63) is 65.5 Å². The van der Waals surface area contributed by atoms with E-state index in [0.717, 1.165) is 12.3 Å². The monoisotopic (exact) mass is 218 g/mol. The standard InChI is InChI=1S/C12H8F2N2/c13-9-6-10(14)12(16-7-9)11(15)8-4-2-1-3-5-8/h1-7,15H. The summed E-state index contributed by atoms with van der Waals surface area (Å²) in [7, 11) is 0. The van der Waals surface area contributed by atoms with Gasteiger partial charge in [0.1, 0.15) is 11.5 Å². The molecular weight excluding hydrogens is 210 g/mol. The van der Waals surface area contributed by atoms with Gasteiger partial charge in [0.25, 0.3) is 0 Å². The van der Waals surface area contributed by atoms with E-state index in [1.165, 1.54) is 0 Å². The Morgan fingerprint density at radius 3 is 2.44 bits per heavy atom. The van der Waals surface area contributed by atoms with E-state index in [1.54, 1.807) is 30.3 Å². The maximum absolute atomic E-state index is 13.3. The minimum Gasteiger partial charge on any atom is -0.298 e. The van der Waals surface area contributed by atoms with Crippen molar-refractivity contribution in [1.29, 1.82) is 5.41 Å². The van der Waals surface area contributed by atoms with Gasteiger partial charge in [-0.1, -0.05) is 30.3 Å². The highest BCUT2D eigenvalue weighted by Gasteiger charge is 2.12. The van der Waals surface area contributed by atoms with E-state index < -0.39 is 11.6 Å². The molecule has 1 heterocycles. The van der Waals surface area contributed by atoms with Crippen LogP contribution in [0.2, 0.25) is 0 Å². The molecule has 0 fully saturated rings. The van der Waals surface area contributed by atoms with Crippen molar-refractivity contribution in [3.63, 3.8) is 0 Å². The molecule has 0 aliphatic rings. The lowest BCUT2D eigenvalue weighted by Crippen LogP contribution is -2.07. The zero-order valence-corrected chi connectivity index (χ0v) is 8.24. The van der Waals surface area contributed by atoms with E-state index in [0.29, 0.717) is 5.56 Å². The number of hydrogen-bond acceptors (Lipinski definition) is 2. The fourth-order valence-corrected chi connectivity index (χ4v) is 1.34. The summed E-state index contributed by atoms with van der Waals surface area (Å²) >= 11 is 0. The van der Waals surface area contributed by atoms with Gasteiger partial charge in [0.2, 0.25) is 0 Å². The van der Waals surface area contributed by atoms with Crippen LogP contribution in [0.4, 0.5) is 8.78 Å². The summed E-state index contributed by atoms with van der Waals surface area (Å²) in [6.45, 7) is 0. The zero-order valence-electron chi connectivity index (χ0n) is 8.24. The smallest absolute Gasteiger partial charge is 0.153 e. The van der Waals surface area contributed by atoms with Crippen LogP contribution in [0.25, 0.3) is 0 Å². The Kier molecular flexibility index (Phi) is 2.72. The Labute approximate surface area is 91.1 Å². The summed E-state index contributed by atoms with van der Waals surface area (Å²) < 4.78 is 26.0. The summed E-state index contributed by atoms with van der Waals surface area (Å²) in [6.07, 6.45) is 0.899. The second-order valence-corrected chi connectivity index (χ2v) is 3.22. The van der Waals surface area contributed by atoms with E-state index in [2.05, 4.69) is 4.98 Å². The molecule has 2 nitrogen and oxygen atoms in total. The minimum atomic E-state index is -0.825. The number of halogens is 2. The van der Waals surface area contributed by atoms with Crippen molar-refractivity contribution in [2.45, 2.75) is 0 Å². The van der Waals surface area contributed by atoms with Gasteiger partial charge in [-0.25, -0.2) is 13.8 Å². The van der Waals surface area contributed by atoms with Crippen LogP contribution in [-0.4, -0.2) is 10.7 Å². The Morgan fingerprint density at radius 2 is 1.81 bits per heavy atom. The molecule has 2 aromatic rings. The van der Waals surface area contributed by atoms with Gasteiger partial charge < -0.3 is 0 Å². The van der Waals surface area contributed by atoms with Crippen LogP contribution in [0.5, 0.6) is 0 Å². The van der Waals surface area contributed by atoms with Crippen LogP contribution in [-0.2, 0) is 0 Å². The maximum Gasteiger partial charge on any atom is 0.153 e. The molecule has 80 valence electrons. The lowest BCUT2D eigenvalue weighted by atomic mass is 10.1. The molecule has 0 saturated carbocycles. The molecule has 0 spiro atoms. The van der Waals surface area contributed by atoms with E-state index in [1.807, 2.05) is 0 Å². The Balaban J connectivity index is 2.42. The van der Waals surface area contributed by atoms with Crippen molar-refractivity contribution < 1.29 is 8.78 Å². The summed E-state index contributed by atoms with van der Waals surface area (Å²) in [5.41, 5.74) is 0.339. The van der Waals surface area contributed by atoms with Gasteiger partial charge in [-0.15, -0.1) is 0 Å². The van der Waals surface area contributed by atoms with Crippen molar-refractivity contribution >= 4 is 5.71 Å². The van der Waals surface area contributed by atoms with Gasteiger partial charge in [0.15, 0.2) is 5.82 Å². The number of nitrogens with one attached hydrogen (secondary N) is 1. The first kappa shape index (κ1) is 10.4. The zero-order chi connectivity index (χ0) is 11.5. The van der Waals surface area contributed by atoms with Crippen LogP contribution in [0.15, 0.2) is 42.6 Å². The maximum atomic E-state index is 13.3. The SMILES string of the molecule is N=C(c1ccccc1)c1ncc(F)cc1F. The van der Waals surface area contributed by atoms with Crippen molar-refractivity contribution in [2.75, 3.05) is 0 Å². The van der Waals surface area contributed by atoms with Gasteiger partial charge in [-0.2, -0.15) is 0 Å². The van der Waals surface area contributed by atoms with Crippen molar-refractivity contribution in [1.82, 2.24) is 4.98 Å². The Morgan fingerprint density at radius 1 is 1.12 bits per heavy atom. The molecule has 1 aromatic carbocycles. The van der Waals surface area contributed by atoms with E-state index >= 15 is 0 Å². The normalized spacial score (nSPS) is 10.1. The third-order valence-electron chi connectivity index (χ3n) is 2.11. The number of pyridine rings is 1. The van der Waals surface area contributed by atoms with Crippen LogP contribution in [0.1, 0.15) is 11.3 Å². The van der Waals surface area contributed by atoms with Crippen LogP contribution in [0, 0.1) is 17.0 Å². The molecule has 4 heteroatoms. The van der Waals surface area contributed by atoms with Gasteiger partial charge in [0.05, 0.1) is 11.9 Å². The second kappa shape index (κ2) is 4.18. The molecule has 16 heavy (non-hydrogen) atoms. The molecule has 1 N–H and O–H groups in total. The van der Waals surface area contributed by atoms with E-state index in [-0.39, 0.29) is 11.4 Å². The Bertz CT molecular complexity index is 524. The Hall–Kier alpha value is -2.10. The summed E-state index contributed by atoms with van der Waals surface area (Å²) in [5.74, 6) is -1.57. The number of aromatic nitrogens is 1. The van der Waals surface area contributed by atoms with Gasteiger partial charge >= 0.3 is 0 Å². The first-order valence-electron chi connectivity index (χ1n) is 4.64. The number of nitrogens with zero attached hydrogens (tertiary/aromatic N) is 1. The third-order valence-corrected chi connectivity index (χ3v) is 2.11. The number of benzene rings is 1. The van der Waals surface area contributed by atoms with Crippen molar-refractivity contribution in [2.24, 2.45) is 0 Å². The molecule has 0 amide bonds. The first-order chi connectivity index (χ1) is 7.68. The van der Waals surface area contributed by atoms with E-state index in [9.17, 15) is 8.78 Å². The lowest BCUT2D eigenvalue weighted by molar-refractivity contribution is 0.571. The highest BCUT2D eigenvalue weighted by molar-refractivity contribution is 6.09. The molecule has 0 saturated heterocycles. The van der Waals surface area contributed by atoms with Crippen molar-refractivity contribution in [3.8, 4) is 0 Å². The molecule has 0 bridgehead atoms. The predicted molar refractivity (Wildman–Crippen MR) is 56.5 cm³/mol. The third kappa shape index (κ3) is 1.95. The molecule has 0 unspecified atom stereocenters. The molecule has 0 atom stereocenters. The largest absolute Gasteiger partial charge is 0.298 e. The molecule has 0 aliphatic heterocycles. The molecule has 2 rings (SSSR count). The van der Waals surface area contributed by atoms with Crippen LogP contribution in [0.3, 0.4) is 0 Å².